The smallest absolute Gasteiger partial charge is 0.0725 e. The van der Waals surface area contributed by atoms with E-state index in [0.29, 0.717) is 5.92 Å². The zero-order valence-corrected chi connectivity index (χ0v) is 9.82. The second-order valence-electron chi connectivity index (χ2n) is 4.79. The van der Waals surface area contributed by atoms with Crippen molar-refractivity contribution < 1.29 is 9.47 Å². The van der Waals surface area contributed by atoms with E-state index < -0.39 is 0 Å². The molecule has 0 spiro atoms. The quantitative estimate of drug-likeness (QED) is 0.610. The molecular formula is C13H18N2O2. The average Bonchev–Trinajstić information content (AvgIpc) is 2.99. The van der Waals surface area contributed by atoms with Gasteiger partial charge >= 0.3 is 0 Å². The molecule has 3 rings (SSSR count). The molecule has 3 N–H and O–H groups in total. The average molecular weight is 234 g/mol. The van der Waals surface area contributed by atoms with Crippen LogP contribution in [0.3, 0.4) is 0 Å². The SMILES string of the molecule is NNC(c1ccc2c(c1)COC2)C1CCOC1. The Bertz CT molecular complexity index is 402. The van der Waals surface area contributed by atoms with Gasteiger partial charge in [0.1, 0.15) is 0 Å². The van der Waals surface area contributed by atoms with Crippen molar-refractivity contribution in [3.05, 3.63) is 34.9 Å². The second-order valence-corrected chi connectivity index (χ2v) is 4.79. The summed E-state index contributed by atoms with van der Waals surface area (Å²) in [4.78, 5) is 0. The van der Waals surface area contributed by atoms with E-state index in [4.69, 9.17) is 15.3 Å². The van der Waals surface area contributed by atoms with Crippen molar-refractivity contribution in [2.45, 2.75) is 25.7 Å². The minimum atomic E-state index is 0.184. The lowest BCUT2D eigenvalue weighted by molar-refractivity contribution is 0.134. The molecule has 4 nitrogen and oxygen atoms in total. The van der Waals surface area contributed by atoms with Crippen LogP contribution in [-0.4, -0.2) is 13.2 Å². The first-order chi connectivity index (χ1) is 8.38. The Morgan fingerprint density at radius 3 is 2.88 bits per heavy atom. The lowest BCUT2D eigenvalue weighted by atomic mass is 9.91. The van der Waals surface area contributed by atoms with Crippen LogP contribution in [0.2, 0.25) is 0 Å². The Kier molecular flexibility index (Phi) is 3.11. The van der Waals surface area contributed by atoms with Gasteiger partial charge in [-0.2, -0.15) is 0 Å². The van der Waals surface area contributed by atoms with Crippen LogP contribution >= 0.6 is 0 Å². The molecule has 0 bridgehead atoms. The summed E-state index contributed by atoms with van der Waals surface area (Å²) in [5.41, 5.74) is 6.77. The Hall–Kier alpha value is -0.940. The monoisotopic (exact) mass is 234 g/mol. The van der Waals surface area contributed by atoms with Gasteiger partial charge in [-0.1, -0.05) is 18.2 Å². The number of nitrogens with two attached hydrogens (primary N) is 1. The Labute approximate surface area is 101 Å². The molecule has 92 valence electrons. The van der Waals surface area contributed by atoms with Crippen molar-refractivity contribution in [3.63, 3.8) is 0 Å². The van der Waals surface area contributed by atoms with Gasteiger partial charge in [0, 0.05) is 12.5 Å². The van der Waals surface area contributed by atoms with Crippen molar-refractivity contribution in [2.24, 2.45) is 11.8 Å². The summed E-state index contributed by atoms with van der Waals surface area (Å²) in [7, 11) is 0. The molecule has 1 fully saturated rings. The number of nitrogens with one attached hydrogen (secondary N) is 1. The van der Waals surface area contributed by atoms with Crippen LogP contribution in [0.25, 0.3) is 0 Å². The number of benzene rings is 1. The predicted octanol–water partition coefficient (Wildman–Crippen LogP) is 1.26. The molecule has 4 heteroatoms. The van der Waals surface area contributed by atoms with E-state index in [1.807, 2.05) is 0 Å². The van der Waals surface area contributed by atoms with Gasteiger partial charge in [-0.05, 0) is 23.1 Å². The van der Waals surface area contributed by atoms with Crippen LogP contribution in [0.1, 0.15) is 29.2 Å². The van der Waals surface area contributed by atoms with E-state index in [-0.39, 0.29) is 6.04 Å². The maximum Gasteiger partial charge on any atom is 0.0725 e. The number of hydrogen-bond donors (Lipinski definition) is 2. The van der Waals surface area contributed by atoms with E-state index in [0.717, 1.165) is 32.8 Å². The molecule has 0 amide bonds. The summed E-state index contributed by atoms with van der Waals surface area (Å²) in [6.45, 7) is 3.10. The predicted molar refractivity (Wildman–Crippen MR) is 63.9 cm³/mol. The molecule has 1 aromatic rings. The molecule has 2 unspecified atom stereocenters. The Balaban J connectivity index is 1.85. The summed E-state index contributed by atoms with van der Waals surface area (Å²) in [6, 6.07) is 6.70. The van der Waals surface area contributed by atoms with Crippen molar-refractivity contribution in [3.8, 4) is 0 Å². The third-order valence-electron chi connectivity index (χ3n) is 3.72. The third-order valence-corrected chi connectivity index (χ3v) is 3.72. The lowest BCUT2D eigenvalue weighted by Crippen LogP contribution is -2.34. The van der Waals surface area contributed by atoms with Crippen molar-refractivity contribution >= 4 is 0 Å². The van der Waals surface area contributed by atoms with Gasteiger partial charge < -0.3 is 9.47 Å². The van der Waals surface area contributed by atoms with E-state index in [2.05, 4.69) is 23.6 Å². The van der Waals surface area contributed by atoms with Gasteiger partial charge in [-0.25, -0.2) is 0 Å². The molecule has 1 aromatic carbocycles. The van der Waals surface area contributed by atoms with Gasteiger partial charge in [-0.15, -0.1) is 0 Å². The van der Waals surface area contributed by atoms with Crippen molar-refractivity contribution in [1.29, 1.82) is 0 Å². The van der Waals surface area contributed by atoms with Crippen LogP contribution in [0.4, 0.5) is 0 Å². The topological polar surface area (TPSA) is 56.5 Å². The van der Waals surface area contributed by atoms with Gasteiger partial charge in [0.15, 0.2) is 0 Å². The van der Waals surface area contributed by atoms with Gasteiger partial charge in [0.25, 0.3) is 0 Å². The lowest BCUT2D eigenvalue weighted by Gasteiger charge is -2.22. The Morgan fingerprint density at radius 1 is 1.24 bits per heavy atom. The highest BCUT2D eigenvalue weighted by Gasteiger charge is 2.27. The highest BCUT2D eigenvalue weighted by atomic mass is 16.5. The molecule has 1 saturated heterocycles. The fourth-order valence-electron chi connectivity index (χ4n) is 2.71. The van der Waals surface area contributed by atoms with Gasteiger partial charge in [0.2, 0.25) is 0 Å². The second kappa shape index (κ2) is 4.74. The zero-order chi connectivity index (χ0) is 11.7. The fraction of sp³-hybridized carbons (Fsp3) is 0.538. The molecule has 0 aromatic heterocycles. The molecule has 0 saturated carbocycles. The molecule has 2 atom stereocenters. The zero-order valence-electron chi connectivity index (χ0n) is 9.82. The summed E-state index contributed by atoms with van der Waals surface area (Å²) in [5.74, 6) is 6.17. The summed E-state index contributed by atoms with van der Waals surface area (Å²) >= 11 is 0. The van der Waals surface area contributed by atoms with E-state index in [9.17, 15) is 0 Å². The van der Waals surface area contributed by atoms with Crippen molar-refractivity contribution in [1.82, 2.24) is 5.43 Å². The highest BCUT2D eigenvalue weighted by Crippen LogP contribution is 2.30. The number of hydrogen-bond acceptors (Lipinski definition) is 4. The summed E-state index contributed by atoms with van der Waals surface area (Å²) in [6.07, 6.45) is 1.07. The molecule has 2 aliphatic heterocycles. The molecular weight excluding hydrogens is 216 g/mol. The maximum absolute atomic E-state index is 5.69. The molecule has 17 heavy (non-hydrogen) atoms. The molecule has 0 radical (unpaired) electrons. The third kappa shape index (κ3) is 2.09. The number of ether oxygens (including phenoxy) is 2. The first-order valence-electron chi connectivity index (χ1n) is 6.12. The largest absolute Gasteiger partial charge is 0.381 e. The van der Waals surface area contributed by atoms with Crippen LogP contribution < -0.4 is 11.3 Å². The Morgan fingerprint density at radius 2 is 2.12 bits per heavy atom. The first-order valence-corrected chi connectivity index (χ1v) is 6.12. The van der Waals surface area contributed by atoms with Crippen LogP contribution in [-0.2, 0) is 22.7 Å². The maximum atomic E-state index is 5.69. The minimum absolute atomic E-state index is 0.184. The first kappa shape index (κ1) is 11.2. The molecule has 2 heterocycles. The minimum Gasteiger partial charge on any atom is -0.381 e. The van der Waals surface area contributed by atoms with E-state index in [1.54, 1.807) is 0 Å². The van der Waals surface area contributed by atoms with Crippen LogP contribution in [0.5, 0.6) is 0 Å². The fourth-order valence-corrected chi connectivity index (χ4v) is 2.71. The number of rotatable bonds is 3. The number of fused-ring (bicyclic) bond motifs is 1. The summed E-state index contributed by atoms with van der Waals surface area (Å²) in [5, 5.41) is 0. The number of hydrazine groups is 1. The van der Waals surface area contributed by atoms with Crippen LogP contribution in [0.15, 0.2) is 18.2 Å². The van der Waals surface area contributed by atoms with Gasteiger partial charge in [0.05, 0.1) is 25.9 Å². The van der Waals surface area contributed by atoms with E-state index in [1.165, 1.54) is 16.7 Å². The molecule has 2 aliphatic rings. The highest BCUT2D eigenvalue weighted by molar-refractivity contribution is 5.35. The normalized spacial score (nSPS) is 24.9. The van der Waals surface area contributed by atoms with E-state index >= 15 is 0 Å². The van der Waals surface area contributed by atoms with Crippen LogP contribution in [0, 0.1) is 5.92 Å². The standard InChI is InChI=1S/C13H18N2O2/c14-15-13(11-3-4-16-7-11)9-1-2-10-6-17-8-12(10)5-9/h1-2,5,11,13,15H,3-4,6-8,14H2. The molecule has 0 aliphatic carbocycles. The van der Waals surface area contributed by atoms with Gasteiger partial charge in [-0.3, -0.25) is 11.3 Å². The summed E-state index contributed by atoms with van der Waals surface area (Å²) < 4.78 is 10.9. The van der Waals surface area contributed by atoms with Crippen molar-refractivity contribution in [2.75, 3.05) is 13.2 Å².